The summed E-state index contributed by atoms with van der Waals surface area (Å²) in [5.41, 5.74) is 1.42. The van der Waals surface area contributed by atoms with Crippen molar-refractivity contribution < 1.29 is 19.1 Å². The SMILES string of the molecule is CCOc1cc(C=C2C(=O)N(C)C(=S)N(C)C2=O)cc(Cl)c1OCc1ccc(Cl)cc1. The second-order valence-electron chi connectivity index (χ2n) is 6.75. The summed E-state index contributed by atoms with van der Waals surface area (Å²) in [6.07, 6.45) is 1.47. The molecule has 2 amide bonds. The molecule has 31 heavy (non-hydrogen) atoms. The molecule has 0 aliphatic carbocycles. The molecule has 1 heterocycles. The van der Waals surface area contributed by atoms with Crippen LogP contribution in [0.15, 0.2) is 42.0 Å². The minimum Gasteiger partial charge on any atom is -0.490 e. The maximum absolute atomic E-state index is 12.6. The molecule has 1 aliphatic rings. The van der Waals surface area contributed by atoms with E-state index in [4.69, 9.17) is 44.9 Å². The van der Waals surface area contributed by atoms with Gasteiger partial charge in [-0.25, -0.2) is 0 Å². The van der Waals surface area contributed by atoms with E-state index >= 15 is 0 Å². The fourth-order valence-corrected chi connectivity index (χ4v) is 3.52. The van der Waals surface area contributed by atoms with Crippen molar-refractivity contribution in [2.75, 3.05) is 20.7 Å². The lowest BCUT2D eigenvalue weighted by Gasteiger charge is -2.31. The van der Waals surface area contributed by atoms with Crippen LogP contribution in [0.2, 0.25) is 10.0 Å². The van der Waals surface area contributed by atoms with Gasteiger partial charge < -0.3 is 9.47 Å². The Balaban J connectivity index is 1.93. The van der Waals surface area contributed by atoms with Crippen LogP contribution in [0.5, 0.6) is 11.5 Å². The number of nitrogens with zero attached hydrogens (tertiary/aromatic N) is 2. The Labute approximate surface area is 195 Å². The summed E-state index contributed by atoms with van der Waals surface area (Å²) < 4.78 is 11.6. The van der Waals surface area contributed by atoms with E-state index in [1.807, 2.05) is 19.1 Å². The molecule has 1 aliphatic heterocycles. The highest BCUT2D eigenvalue weighted by molar-refractivity contribution is 7.80. The summed E-state index contributed by atoms with van der Waals surface area (Å²) in [6, 6.07) is 10.5. The molecule has 1 fully saturated rings. The van der Waals surface area contributed by atoms with Crippen LogP contribution in [0, 0.1) is 0 Å². The van der Waals surface area contributed by atoms with Crippen LogP contribution in [-0.4, -0.2) is 47.4 Å². The fraction of sp³-hybridized carbons (Fsp3) is 0.227. The number of carbonyl (C=O) groups excluding carboxylic acids is 2. The van der Waals surface area contributed by atoms with Gasteiger partial charge in [0.25, 0.3) is 11.8 Å². The molecule has 0 saturated carbocycles. The molecular weight excluding hydrogens is 459 g/mol. The molecule has 3 rings (SSSR count). The number of halogens is 2. The third kappa shape index (κ3) is 5.01. The van der Waals surface area contributed by atoms with Gasteiger partial charge in [-0.2, -0.15) is 0 Å². The van der Waals surface area contributed by atoms with Crippen molar-refractivity contribution in [3.8, 4) is 11.5 Å². The average molecular weight is 479 g/mol. The van der Waals surface area contributed by atoms with Gasteiger partial charge in [0.05, 0.1) is 11.6 Å². The van der Waals surface area contributed by atoms with Crippen molar-refractivity contribution >= 4 is 58.4 Å². The molecular formula is C22H20Cl2N2O4S. The number of rotatable bonds is 6. The highest BCUT2D eigenvalue weighted by Crippen LogP contribution is 2.38. The van der Waals surface area contributed by atoms with E-state index in [-0.39, 0.29) is 17.3 Å². The fourth-order valence-electron chi connectivity index (χ4n) is 2.95. The summed E-state index contributed by atoms with van der Waals surface area (Å²) in [4.78, 5) is 27.6. The Morgan fingerprint density at radius 2 is 1.61 bits per heavy atom. The lowest BCUT2D eigenvalue weighted by molar-refractivity contribution is -0.132. The first kappa shape index (κ1) is 23.1. The van der Waals surface area contributed by atoms with Gasteiger partial charge in [0.1, 0.15) is 12.2 Å². The standard InChI is InChI=1S/C22H20Cl2N2O4S/c1-4-29-18-11-14(9-16-20(27)25(2)22(31)26(3)21(16)28)10-17(24)19(18)30-12-13-5-7-15(23)8-6-13/h5-11H,4,12H2,1-3H3. The normalized spacial score (nSPS) is 14.2. The molecule has 0 unspecified atom stereocenters. The maximum atomic E-state index is 12.6. The number of amides is 2. The summed E-state index contributed by atoms with van der Waals surface area (Å²) in [7, 11) is 3.04. The lowest BCUT2D eigenvalue weighted by atomic mass is 10.1. The Hall–Kier alpha value is -2.61. The summed E-state index contributed by atoms with van der Waals surface area (Å²) >= 11 is 17.5. The van der Waals surface area contributed by atoms with Crippen molar-refractivity contribution in [1.29, 1.82) is 0 Å². The zero-order chi connectivity index (χ0) is 22.7. The van der Waals surface area contributed by atoms with Gasteiger partial charge in [0.2, 0.25) is 0 Å². The van der Waals surface area contributed by atoms with Crippen LogP contribution in [0.4, 0.5) is 0 Å². The van der Waals surface area contributed by atoms with Crippen molar-refractivity contribution in [3.63, 3.8) is 0 Å². The summed E-state index contributed by atoms with van der Waals surface area (Å²) in [6.45, 7) is 2.48. The predicted octanol–water partition coefficient (Wildman–Crippen LogP) is 4.57. The lowest BCUT2D eigenvalue weighted by Crippen LogP contribution is -2.52. The van der Waals surface area contributed by atoms with E-state index in [1.165, 1.54) is 30.0 Å². The zero-order valence-electron chi connectivity index (χ0n) is 17.1. The largest absolute Gasteiger partial charge is 0.490 e. The zero-order valence-corrected chi connectivity index (χ0v) is 19.5. The highest BCUT2D eigenvalue weighted by Gasteiger charge is 2.35. The van der Waals surface area contributed by atoms with Crippen molar-refractivity contribution in [3.05, 3.63) is 63.1 Å². The molecule has 0 spiro atoms. The monoisotopic (exact) mass is 478 g/mol. The Morgan fingerprint density at radius 3 is 2.19 bits per heavy atom. The van der Waals surface area contributed by atoms with E-state index < -0.39 is 11.8 Å². The molecule has 2 aromatic carbocycles. The van der Waals surface area contributed by atoms with E-state index in [0.717, 1.165) is 5.56 Å². The first-order chi connectivity index (χ1) is 14.7. The topological polar surface area (TPSA) is 59.1 Å². The number of ether oxygens (including phenoxy) is 2. The summed E-state index contributed by atoms with van der Waals surface area (Å²) in [5, 5.41) is 1.07. The minimum atomic E-state index is -0.481. The first-order valence-corrected chi connectivity index (χ1v) is 10.5. The van der Waals surface area contributed by atoms with Crippen molar-refractivity contribution in [2.45, 2.75) is 13.5 Å². The number of carbonyl (C=O) groups is 2. The summed E-state index contributed by atoms with van der Waals surface area (Å²) in [5.74, 6) is -0.184. The van der Waals surface area contributed by atoms with Crippen molar-refractivity contribution in [2.24, 2.45) is 0 Å². The first-order valence-electron chi connectivity index (χ1n) is 9.38. The van der Waals surface area contributed by atoms with Gasteiger partial charge in [-0.05, 0) is 60.6 Å². The molecule has 6 nitrogen and oxygen atoms in total. The number of benzene rings is 2. The van der Waals surface area contributed by atoms with Crippen LogP contribution in [-0.2, 0) is 16.2 Å². The van der Waals surface area contributed by atoms with Gasteiger partial charge in [0, 0.05) is 19.1 Å². The molecule has 2 aromatic rings. The van der Waals surface area contributed by atoms with Crippen LogP contribution >= 0.6 is 35.4 Å². The number of thiocarbonyl (C=S) groups is 1. The molecule has 162 valence electrons. The second kappa shape index (κ2) is 9.68. The van der Waals surface area contributed by atoms with Gasteiger partial charge >= 0.3 is 0 Å². The van der Waals surface area contributed by atoms with Crippen LogP contribution in [0.3, 0.4) is 0 Å². The number of hydrogen-bond acceptors (Lipinski definition) is 5. The Morgan fingerprint density at radius 1 is 1.00 bits per heavy atom. The van der Waals surface area contributed by atoms with Gasteiger partial charge in [-0.3, -0.25) is 19.4 Å². The molecule has 1 saturated heterocycles. The van der Waals surface area contributed by atoms with Crippen molar-refractivity contribution in [1.82, 2.24) is 9.80 Å². The van der Waals surface area contributed by atoms with Gasteiger partial charge in [0.15, 0.2) is 16.6 Å². The molecule has 0 aromatic heterocycles. The van der Waals surface area contributed by atoms with E-state index in [2.05, 4.69) is 0 Å². The molecule has 0 radical (unpaired) electrons. The number of likely N-dealkylation sites (N-methyl/N-ethyl adjacent to an activating group) is 2. The van der Waals surface area contributed by atoms with Crippen LogP contribution in [0.25, 0.3) is 6.08 Å². The third-order valence-corrected chi connectivity index (χ3v) is 5.66. The van der Waals surface area contributed by atoms with E-state index in [1.54, 1.807) is 24.3 Å². The molecule has 0 atom stereocenters. The van der Waals surface area contributed by atoms with E-state index in [9.17, 15) is 9.59 Å². The third-order valence-electron chi connectivity index (χ3n) is 4.58. The number of hydrogen-bond donors (Lipinski definition) is 0. The maximum Gasteiger partial charge on any atom is 0.265 e. The van der Waals surface area contributed by atoms with E-state index in [0.29, 0.717) is 33.7 Å². The van der Waals surface area contributed by atoms with Gasteiger partial charge in [-0.1, -0.05) is 35.3 Å². The average Bonchev–Trinajstić information content (AvgIpc) is 2.75. The minimum absolute atomic E-state index is 0.0213. The molecule has 9 heteroatoms. The molecule has 0 bridgehead atoms. The highest BCUT2D eigenvalue weighted by atomic mass is 35.5. The van der Waals surface area contributed by atoms with Crippen LogP contribution < -0.4 is 9.47 Å². The smallest absolute Gasteiger partial charge is 0.265 e. The quantitative estimate of drug-likeness (QED) is 0.345. The second-order valence-corrected chi connectivity index (χ2v) is 7.96. The predicted molar refractivity (Wildman–Crippen MR) is 125 cm³/mol. The van der Waals surface area contributed by atoms with Gasteiger partial charge in [-0.15, -0.1) is 0 Å². The van der Waals surface area contributed by atoms with Crippen LogP contribution in [0.1, 0.15) is 18.1 Å². The Kier molecular flexibility index (Phi) is 7.20. The molecule has 0 N–H and O–H groups in total. The Bertz CT molecular complexity index is 1040.